The van der Waals surface area contributed by atoms with Crippen molar-refractivity contribution in [2.45, 2.75) is 6.54 Å². The van der Waals surface area contributed by atoms with Crippen molar-refractivity contribution in [3.05, 3.63) is 58.9 Å². The van der Waals surface area contributed by atoms with Crippen molar-refractivity contribution in [3.63, 3.8) is 0 Å². The summed E-state index contributed by atoms with van der Waals surface area (Å²) in [5.74, 6) is -0.336. The average molecular weight is 279 g/mol. The third kappa shape index (κ3) is 3.38. The second kappa shape index (κ2) is 5.93. The van der Waals surface area contributed by atoms with Gasteiger partial charge in [-0.05, 0) is 29.8 Å². The lowest BCUT2D eigenvalue weighted by atomic mass is 10.2. The Balaban J connectivity index is 2.06. The van der Waals surface area contributed by atoms with E-state index >= 15 is 0 Å². The van der Waals surface area contributed by atoms with E-state index in [1.54, 1.807) is 12.1 Å². The van der Waals surface area contributed by atoms with E-state index in [-0.39, 0.29) is 5.82 Å². The number of para-hydroxylation sites is 1. The van der Waals surface area contributed by atoms with Crippen LogP contribution in [0.4, 0.5) is 15.8 Å². The summed E-state index contributed by atoms with van der Waals surface area (Å²) >= 11 is 5.95. The Bertz CT molecular complexity index is 532. The highest BCUT2D eigenvalue weighted by atomic mass is 35.5. The fraction of sp³-hybridized carbons (Fsp3) is 0.200. The molecule has 100 valence electrons. The SMILES string of the molecule is CN(C)c1ccc(CNc2c(F)cccc2Cl)cc1. The molecule has 0 aliphatic heterocycles. The van der Waals surface area contributed by atoms with Crippen molar-refractivity contribution < 1.29 is 4.39 Å². The van der Waals surface area contributed by atoms with Gasteiger partial charge in [-0.25, -0.2) is 4.39 Å². The monoisotopic (exact) mass is 278 g/mol. The Morgan fingerprint density at radius 1 is 1.11 bits per heavy atom. The fourth-order valence-electron chi connectivity index (χ4n) is 1.77. The number of nitrogens with one attached hydrogen (secondary N) is 1. The molecule has 0 spiro atoms. The number of nitrogens with zero attached hydrogens (tertiary/aromatic N) is 1. The molecule has 2 rings (SSSR count). The van der Waals surface area contributed by atoms with Gasteiger partial charge in [0.05, 0.1) is 10.7 Å². The zero-order valence-corrected chi connectivity index (χ0v) is 11.7. The summed E-state index contributed by atoms with van der Waals surface area (Å²) < 4.78 is 13.6. The summed E-state index contributed by atoms with van der Waals surface area (Å²) in [5.41, 5.74) is 2.55. The molecule has 0 atom stereocenters. The average Bonchev–Trinajstić information content (AvgIpc) is 2.38. The standard InChI is InChI=1S/C15H16ClFN2/c1-19(2)12-8-6-11(7-9-12)10-18-15-13(16)4-3-5-14(15)17/h3-9,18H,10H2,1-2H3. The van der Waals surface area contributed by atoms with Gasteiger partial charge in [-0.2, -0.15) is 0 Å². The normalized spacial score (nSPS) is 10.3. The van der Waals surface area contributed by atoms with Gasteiger partial charge in [0, 0.05) is 26.3 Å². The molecule has 0 heterocycles. The number of halogens is 2. The summed E-state index contributed by atoms with van der Waals surface area (Å²) in [5, 5.41) is 3.42. The smallest absolute Gasteiger partial charge is 0.147 e. The van der Waals surface area contributed by atoms with E-state index in [2.05, 4.69) is 5.32 Å². The molecule has 0 amide bonds. The predicted molar refractivity (Wildman–Crippen MR) is 79.5 cm³/mol. The maximum Gasteiger partial charge on any atom is 0.147 e. The first-order chi connectivity index (χ1) is 9.08. The minimum atomic E-state index is -0.336. The number of anilines is 2. The Hall–Kier alpha value is -1.74. The second-order valence-electron chi connectivity index (χ2n) is 4.51. The summed E-state index contributed by atoms with van der Waals surface area (Å²) in [6.45, 7) is 0.536. The van der Waals surface area contributed by atoms with E-state index in [0.717, 1.165) is 11.3 Å². The van der Waals surface area contributed by atoms with Crippen molar-refractivity contribution in [2.24, 2.45) is 0 Å². The Kier molecular flexibility index (Phi) is 4.27. The highest BCUT2D eigenvalue weighted by Crippen LogP contribution is 2.25. The van der Waals surface area contributed by atoms with E-state index < -0.39 is 0 Å². The van der Waals surface area contributed by atoms with Crippen LogP contribution in [0.15, 0.2) is 42.5 Å². The molecular formula is C15H16ClFN2. The van der Waals surface area contributed by atoms with Gasteiger partial charge in [-0.1, -0.05) is 29.8 Å². The number of hydrogen-bond acceptors (Lipinski definition) is 2. The van der Waals surface area contributed by atoms with Crippen LogP contribution in [0, 0.1) is 5.82 Å². The lowest BCUT2D eigenvalue weighted by Gasteiger charge is -2.13. The van der Waals surface area contributed by atoms with Gasteiger partial charge < -0.3 is 10.2 Å². The van der Waals surface area contributed by atoms with Crippen LogP contribution >= 0.6 is 11.6 Å². The number of rotatable bonds is 4. The molecule has 0 radical (unpaired) electrons. The van der Waals surface area contributed by atoms with Crippen LogP contribution in [-0.4, -0.2) is 14.1 Å². The molecule has 2 aromatic carbocycles. The van der Waals surface area contributed by atoms with Gasteiger partial charge in [0.2, 0.25) is 0 Å². The number of benzene rings is 2. The molecule has 2 nitrogen and oxygen atoms in total. The quantitative estimate of drug-likeness (QED) is 0.903. The van der Waals surface area contributed by atoms with Crippen molar-refractivity contribution in [2.75, 3.05) is 24.3 Å². The Morgan fingerprint density at radius 2 is 1.79 bits per heavy atom. The minimum absolute atomic E-state index is 0.336. The molecule has 0 aromatic heterocycles. The minimum Gasteiger partial charge on any atom is -0.378 e. The van der Waals surface area contributed by atoms with Crippen LogP contribution in [0.5, 0.6) is 0 Å². The van der Waals surface area contributed by atoms with Gasteiger partial charge in [-0.3, -0.25) is 0 Å². The molecule has 0 fully saturated rings. The van der Waals surface area contributed by atoms with Gasteiger partial charge in [0.15, 0.2) is 0 Å². The lowest BCUT2D eigenvalue weighted by Crippen LogP contribution is -2.08. The molecule has 1 N–H and O–H groups in total. The molecule has 4 heteroatoms. The molecule has 19 heavy (non-hydrogen) atoms. The first-order valence-corrected chi connectivity index (χ1v) is 6.40. The molecule has 0 saturated carbocycles. The maximum atomic E-state index is 13.6. The summed E-state index contributed by atoms with van der Waals surface area (Å²) in [6.07, 6.45) is 0. The first-order valence-electron chi connectivity index (χ1n) is 6.02. The molecule has 0 aliphatic rings. The first kappa shape index (κ1) is 13.7. The van der Waals surface area contributed by atoms with E-state index in [1.807, 2.05) is 43.3 Å². The van der Waals surface area contributed by atoms with Gasteiger partial charge in [-0.15, -0.1) is 0 Å². The van der Waals surface area contributed by atoms with Crippen LogP contribution in [0.3, 0.4) is 0 Å². The van der Waals surface area contributed by atoms with E-state index in [4.69, 9.17) is 11.6 Å². The highest BCUT2D eigenvalue weighted by Gasteiger charge is 2.06. The summed E-state index contributed by atoms with van der Waals surface area (Å²) in [7, 11) is 3.98. The van der Waals surface area contributed by atoms with Crippen LogP contribution in [0.2, 0.25) is 5.02 Å². The number of hydrogen-bond donors (Lipinski definition) is 1. The van der Waals surface area contributed by atoms with Crippen molar-refractivity contribution in [3.8, 4) is 0 Å². The molecule has 0 saturated heterocycles. The summed E-state index contributed by atoms with van der Waals surface area (Å²) in [6, 6.07) is 12.7. The maximum absolute atomic E-state index is 13.6. The van der Waals surface area contributed by atoms with Crippen molar-refractivity contribution in [1.82, 2.24) is 0 Å². The van der Waals surface area contributed by atoms with Crippen molar-refractivity contribution >= 4 is 23.0 Å². The third-order valence-corrected chi connectivity index (χ3v) is 3.20. The summed E-state index contributed by atoms with van der Waals surface area (Å²) in [4.78, 5) is 2.03. The zero-order chi connectivity index (χ0) is 13.8. The van der Waals surface area contributed by atoms with Crippen LogP contribution in [0.25, 0.3) is 0 Å². The molecule has 0 unspecified atom stereocenters. The van der Waals surface area contributed by atoms with E-state index in [9.17, 15) is 4.39 Å². The molecule has 0 bridgehead atoms. The second-order valence-corrected chi connectivity index (χ2v) is 4.92. The lowest BCUT2D eigenvalue weighted by molar-refractivity contribution is 0.630. The van der Waals surface area contributed by atoms with Gasteiger partial charge >= 0.3 is 0 Å². The predicted octanol–water partition coefficient (Wildman–Crippen LogP) is 4.16. The molecular weight excluding hydrogens is 263 g/mol. The van der Waals surface area contributed by atoms with E-state index in [0.29, 0.717) is 17.3 Å². The zero-order valence-electron chi connectivity index (χ0n) is 11.0. The highest BCUT2D eigenvalue weighted by molar-refractivity contribution is 6.33. The Labute approximate surface area is 117 Å². The van der Waals surface area contributed by atoms with Gasteiger partial charge in [0.1, 0.15) is 5.82 Å². The third-order valence-electron chi connectivity index (χ3n) is 2.88. The van der Waals surface area contributed by atoms with Crippen LogP contribution < -0.4 is 10.2 Å². The van der Waals surface area contributed by atoms with E-state index in [1.165, 1.54) is 6.07 Å². The fourth-order valence-corrected chi connectivity index (χ4v) is 2.00. The van der Waals surface area contributed by atoms with Crippen LogP contribution in [-0.2, 0) is 6.54 Å². The van der Waals surface area contributed by atoms with Gasteiger partial charge in [0.25, 0.3) is 0 Å². The van der Waals surface area contributed by atoms with Crippen LogP contribution in [0.1, 0.15) is 5.56 Å². The molecule has 0 aliphatic carbocycles. The molecule has 2 aromatic rings. The largest absolute Gasteiger partial charge is 0.378 e. The Morgan fingerprint density at radius 3 is 2.37 bits per heavy atom. The topological polar surface area (TPSA) is 15.3 Å². The van der Waals surface area contributed by atoms with Crippen molar-refractivity contribution in [1.29, 1.82) is 0 Å².